The summed E-state index contributed by atoms with van der Waals surface area (Å²) >= 11 is 11.0. The first-order valence-corrected chi connectivity index (χ1v) is 5.49. The van der Waals surface area contributed by atoms with Gasteiger partial charge >= 0.3 is 0 Å². The fourth-order valence-corrected chi connectivity index (χ4v) is 1.82. The van der Waals surface area contributed by atoms with Crippen LogP contribution < -0.4 is 0 Å². The first kappa shape index (κ1) is 11.2. The molecule has 0 saturated heterocycles. The van der Waals surface area contributed by atoms with Crippen molar-refractivity contribution in [2.45, 2.75) is 0 Å². The number of benzene rings is 2. The van der Waals surface area contributed by atoms with Crippen LogP contribution in [-0.4, -0.2) is 5.78 Å². The maximum absolute atomic E-state index is 11.8. The van der Waals surface area contributed by atoms with Crippen molar-refractivity contribution in [2.24, 2.45) is 0 Å². The molecule has 2 rings (SSSR count). The molecule has 0 heterocycles. The van der Waals surface area contributed by atoms with E-state index >= 15 is 0 Å². The lowest BCUT2D eigenvalue weighted by atomic mass is 10.0. The fourth-order valence-electron chi connectivity index (χ4n) is 1.62. The van der Waals surface area contributed by atoms with E-state index in [1.165, 1.54) is 6.08 Å². The molecule has 0 bridgehead atoms. The Labute approximate surface area is 103 Å². The van der Waals surface area contributed by atoms with Crippen molar-refractivity contribution < 1.29 is 4.79 Å². The molecule has 0 fully saturated rings. The predicted octanol–water partition coefficient (Wildman–Crippen LogP) is 4.34. The predicted molar refractivity (Wildman–Crippen MR) is 68.1 cm³/mol. The second-order valence-corrected chi connectivity index (χ2v) is 4.33. The monoisotopic (exact) mass is 250 g/mol. The zero-order valence-corrected chi connectivity index (χ0v) is 9.79. The molecule has 0 aromatic heterocycles. The van der Waals surface area contributed by atoms with Gasteiger partial charge in [-0.2, -0.15) is 0 Å². The molecule has 0 aliphatic heterocycles. The number of allylic oxidation sites excluding steroid dienone is 1. The Balaban J connectivity index is 2.61. The lowest BCUT2D eigenvalue weighted by molar-refractivity contribution is 0.104. The summed E-state index contributed by atoms with van der Waals surface area (Å²) in [5.74, 6) is -0.184. The van der Waals surface area contributed by atoms with Gasteiger partial charge in [0.2, 0.25) is 0 Å². The van der Waals surface area contributed by atoms with Crippen LogP contribution in [0.25, 0.3) is 10.8 Å². The molecule has 16 heavy (non-hydrogen) atoms. The van der Waals surface area contributed by atoms with E-state index in [0.29, 0.717) is 5.56 Å². The summed E-state index contributed by atoms with van der Waals surface area (Å²) in [5.41, 5.74) is 0.608. The topological polar surface area (TPSA) is 17.1 Å². The first-order chi connectivity index (χ1) is 7.68. The van der Waals surface area contributed by atoms with Crippen LogP contribution in [0.15, 0.2) is 53.0 Å². The summed E-state index contributed by atoms with van der Waals surface area (Å²) < 4.78 is -0.0297. The number of hydrogen-bond acceptors (Lipinski definition) is 1. The van der Waals surface area contributed by atoms with Crippen LogP contribution in [0.2, 0.25) is 0 Å². The minimum Gasteiger partial charge on any atom is -0.289 e. The number of ketones is 1. The van der Waals surface area contributed by atoms with Gasteiger partial charge in [0, 0.05) is 11.6 Å². The van der Waals surface area contributed by atoms with Gasteiger partial charge in [-0.3, -0.25) is 4.79 Å². The summed E-state index contributed by atoms with van der Waals surface area (Å²) in [5, 5.41) is 1.92. The molecule has 0 aliphatic rings. The molecule has 2 aromatic rings. The van der Waals surface area contributed by atoms with Crippen LogP contribution >= 0.6 is 23.2 Å². The highest BCUT2D eigenvalue weighted by molar-refractivity contribution is 6.57. The summed E-state index contributed by atoms with van der Waals surface area (Å²) in [7, 11) is 0. The minimum absolute atomic E-state index is 0.0297. The fraction of sp³-hybridized carbons (Fsp3) is 0. The third-order valence-corrected chi connectivity index (χ3v) is 2.51. The number of halogens is 2. The van der Waals surface area contributed by atoms with E-state index in [2.05, 4.69) is 0 Å². The van der Waals surface area contributed by atoms with Gasteiger partial charge in [0.15, 0.2) is 5.78 Å². The molecule has 1 nitrogen and oxygen atoms in total. The minimum atomic E-state index is -0.184. The molecule has 0 atom stereocenters. The van der Waals surface area contributed by atoms with Gasteiger partial charge in [-0.25, -0.2) is 0 Å². The molecule has 80 valence electrons. The third-order valence-electron chi connectivity index (χ3n) is 2.30. The Hall–Kier alpha value is -1.31. The SMILES string of the molecule is O=C(C=C(Cl)Cl)c1cccc2ccccc12. The molecule has 0 N–H and O–H groups in total. The normalized spacial score (nSPS) is 10.1. The number of rotatable bonds is 2. The molecule has 0 unspecified atom stereocenters. The summed E-state index contributed by atoms with van der Waals surface area (Å²) in [6, 6.07) is 13.2. The molecule has 2 aromatic carbocycles. The van der Waals surface area contributed by atoms with E-state index in [0.717, 1.165) is 10.8 Å². The van der Waals surface area contributed by atoms with Crippen LogP contribution in [0, 0.1) is 0 Å². The van der Waals surface area contributed by atoms with E-state index < -0.39 is 0 Å². The van der Waals surface area contributed by atoms with Crippen LogP contribution in [0.3, 0.4) is 0 Å². The molecule has 0 amide bonds. The van der Waals surface area contributed by atoms with Crippen molar-refractivity contribution in [1.82, 2.24) is 0 Å². The second-order valence-electron chi connectivity index (χ2n) is 3.32. The number of fused-ring (bicyclic) bond motifs is 1. The van der Waals surface area contributed by atoms with Crippen LogP contribution in [0.5, 0.6) is 0 Å². The van der Waals surface area contributed by atoms with Gasteiger partial charge in [0.1, 0.15) is 4.49 Å². The lowest BCUT2D eigenvalue weighted by Crippen LogP contribution is -1.95. The quantitative estimate of drug-likeness (QED) is 0.573. The average Bonchev–Trinajstić information content (AvgIpc) is 2.27. The van der Waals surface area contributed by atoms with Gasteiger partial charge in [0.05, 0.1) is 0 Å². The van der Waals surface area contributed by atoms with E-state index in [1.54, 1.807) is 6.07 Å². The number of carbonyl (C=O) groups is 1. The maximum Gasteiger partial charge on any atom is 0.188 e. The Morgan fingerprint density at radius 2 is 1.69 bits per heavy atom. The van der Waals surface area contributed by atoms with Gasteiger partial charge in [0.25, 0.3) is 0 Å². The molecular weight excluding hydrogens is 243 g/mol. The zero-order chi connectivity index (χ0) is 11.5. The Bertz CT molecular complexity index is 564. The summed E-state index contributed by atoms with van der Waals surface area (Å²) in [6.07, 6.45) is 1.21. The molecule has 0 saturated carbocycles. The van der Waals surface area contributed by atoms with Crippen molar-refractivity contribution in [1.29, 1.82) is 0 Å². The van der Waals surface area contributed by atoms with E-state index in [9.17, 15) is 4.79 Å². The largest absolute Gasteiger partial charge is 0.289 e. The highest BCUT2D eigenvalue weighted by atomic mass is 35.5. The second kappa shape index (κ2) is 4.69. The van der Waals surface area contributed by atoms with Gasteiger partial charge in [-0.05, 0) is 10.8 Å². The number of carbonyl (C=O) groups excluding carboxylic acids is 1. The Morgan fingerprint density at radius 3 is 2.44 bits per heavy atom. The molecular formula is C13H8Cl2O. The van der Waals surface area contributed by atoms with Crippen molar-refractivity contribution in [3.05, 3.63) is 58.6 Å². The molecule has 0 spiro atoms. The standard InChI is InChI=1S/C13H8Cl2O/c14-13(15)8-12(16)11-7-3-5-9-4-1-2-6-10(9)11/h1-8H. The summed E-state index contributed by atoms with van der Waals surface area (Å²) in [4.78, 5) is 11.8. The summed E-state index contributed by atoms with van der Waals surface area (Å²) in [6.45, 7) is 0. The first-order valence-electron chi connectivity index (χ1n) is 4.73. The molecule has 0 radical (unpaired) electrons. The van der Waals surface area contributed by atoms with Crippen molar-refractivity contribution >= 4 is 39.8 Å². The average molecular weight is 251 g/mol. The van der Waals surface area contributed by atoms with Crippen molar-refractivity contribution in [2.75, 3.05) is 0 Å². The highest BCUT2D eigenvalue weighted by Crippen LogP contribution is 2.20. The van der Waals surface area contributed by atoms with Crippen molar-refractivity contribution in [3.63, 3.8) is 0 Å². The van der Waals surface area contributed by atoms with Crippen LogP contribution in [0.4, 0.5) is 0 Å². The maximum atomic E-state index is 11.8. The Morgan fingerprint density at radius 1 is 1.00 bits per heavy atom. The van der Waals surface area contributed by atoms with Gasteiger partial charge in [-0.1, -0.05) is 65.7 Å². The van der Waals surface area contributed by atoms with Crippen LogP contribution in [0.1, 0.15) is 10.4 Å². The lowest BCUT2D eigenvalue weighted by Gasteiger charge is -2.02. The Kier molecular flexibility index (Phi) is 3.28. The van der Waals surface area contributed by atoms with Crippen molar-refractivity contribution in [3.8, 4) is 0 Å². The smallest absolute Gasteiger partial charge is 0.188 e. The van der Waals surface area contributed by atoms with E-state index in [-0.39, 0.29) is 10.3 Å². The number of hydrogen-bond donors (Lipinski definition) is 0. The van der Waals surface area contributed by atoms with E-state index in [4.69, 9.17) is 23.2 Å². The molecule has 0 aliphatic carbocycles. The molecule has 3 heteroatoms. The van der Waals surface area contributed by atoms with Crippen LogP contribution in [-0.2, 0) is 0 Å². The van der Waals surface area contributed by atoms with E-state index in [1.807, 2.05) is 36.4 Å². The van der Waals surface area contributed by atoms with Gasteiger partial charge < -0.3 is 0 Å². The third kappa shape index (κ3) is 2.26. The zero-order valence-electron chi connectivity index (χ0n) is 8.28. The van der Waals surface area contributed by atoms with Gasteiger partial charge in [-0.15, -0.1) is 0 Å². The highest BCUT2D eigenvalue weighted by Gasteiger charge is 2.07.